The third-order valence-electron chi connectivity index (χ3n) is 2.01. The summed E-state index contributed by atoms with van der Waals surface area (Å²) in [5.74, 6) is 0.846. The van der Waals surface area contributed by atoms with Crippen LogP contribution in [-0.2, 0) is 6.54 Å². The van der Waals surface area contributed by atoms with Crippen LogP contribution in [0.1, 0.15) is 12.0 Å². The van der Waals surface area contributed by atoms with Gasteiger partial charge in [0, 0.05) is 17.1 Å². The first-order chi connectivity index (χ1) is 7.29. The number of halogens is 1. The Morgan fingerprint density at radius 3 is 3.00 bits per heavy atom. The van der Waals surface area contributed by atoms with E-state index in [4.69, 9.17) is 16.3 Å². The highest BCUT2D eigenvalue weighted by Crippen LogP contribution is 2.26. The summed E-state index contributed by atoms with van der Waals surface area (Å²) >= 11 is 6.08. The fourth-order valence-electron chi connectivity index (χ4n) is 1.27. The summed E-state index contributed by atoms with van der Waals surface area (Å²) in [4.78, 5) is 0. The van der Waals surface area contributed by atoms with Gasteiger partial charge in [-0.1, -0.05) is 23.7 Å². The maximum absolute atomic E-state index is 6.08. The van der Waals surface area contributed by atoms with E-state index in [0.717, 1.165) is 22.8 Å². The van der Waals surface area contributed by atoms with E-state index in [-0.39, 0.29) is 0 Å². The Kier molecular flexibility index (Phi) is 5.22. The molecule has 0 fully saturated rings. The summed E-state index contributed by atoms with van der Waals surface area (Å²) in [6, 6.07) is 5.70. The molecule has 0 saturated heterocycles. The topological polar surface area (TPSA) is 21.3 Å². The average Bonchev–Trinajstić information content (AvgIpc) is 2.23. The summed E-state index contributed by atoms with van der Waals surface area (Å²) in [7, 11) is 1.89. The highest BCUT2D eigenvalue weighted by molar-refractivity contribution is 6.31. The van der Waals surface area contributed by atoms with Crippen LogP contribution in [-0.4, -0.2) is 13.7 Å². The summed E-state index contributed by atoms with van der Waals surface area (Å²) < 4.78 is 5.62. The Balaban J connectivity index is 2.75. The van der Waals surface area contributed by atoms with Crippen LogP contribution in [0.25, 0.3) is 0 Å². The summed E-state index contributed by atoms with van der Waals surface area (Å²) in [6.07, 6.45) is 2.67. The zero-order chi connectivity index (χ0) is 11.1. The van der Waals surface area contributed by atoms with Gasteiger partial charge in [-0.15, -0.1) is 6.58 Å². The van der Waals surface area contributed by atoms with Crippen molar-refractivity contribution in [1.29, 1.82) is 0 Å². The molecule has 0 atom stereocenters. The lowest BCUT2D eigenvalue weighted by Gasteiger charge is -2.11. The van der Waals surface area contributed by atoms with Gasteiger partial charge in [0.15, 0.2) is 0 Å². The van der Waals surface area contributed by atoms with Gasteiger partial charge in [-0.05, 0) is 25.6 Å². The molecule has 2 nitrogen and oxygen atoms in total. The molecule has 0 radical (unpaired) electrons. The van der Waals surface area contributed by atoms with Gasteiger partial charge in [0.2, 0.25) is 0 Å². The van der Waals surface area contributed by atoms with Crippen molar-refractivity contribution >= 4 is 11.6 Å². The monoisotopic (exact) mass is 225 g/mol. The minimum atomic E-state index is 0.639. The van der Waals surface area contributed by atoms with Crippen molar-refractivity contribution in [3.05, 3.63) is 41.4 Å². The first-order valence-electron chi connectivity index (χ1n) is 4.95. The number of nitrogens with one attached hydrogen (secondary N) is 1. The summed E-state index contributed by atoms with van der Waals surface area (Å²) in [5, 5.41) is 3.81. The second-order valence-electron chi connectivity index (χ2n) is 3.17. The minimum Gasteiger partial charge on any atom is -0.493 e. The largest absolute Gasteiger partial charge is 0.493 e. The van der Waals surface area contributed by atoms with E-state index in [1.54, 1.807) is 0 Å². The lowest BCUT2D eigenvalue weighted by Crippen LogP contribution is -2.08. The van der Waals surface area contributed by atoms with Crippen molar-refractivity contribution in [2.75, 3.05) is 13.7 Å². The molecule has 0 bridgehead atoms. The van der Waals surface area contributed by atoms with E-state index in [2.05, 4.69) is 11.9 Å². The van der Waals surface area contributed by atoms with Gasteiger partial charge >= 0.3 is 0 Å². The van der Waals surface area contributed by atoms with Gasteiger partial charge in [-0.3, -0.25) is 0 Å². The molecule has 0 aliphatic heterocycles. The van der Waals surface area contributed by atoms with Crippen LogP contribution in [0.5, 0.6) is 5.75 Å². The van der Waals surface area contributed by atoms with Crippen molar-refractivity contribution in [2.45, 2.75) is 13.0 Å². The van der Waals surface area contributed by atoms with E-state index in [0.29, 0.717) is 13.2 Å². The summed E-state index contributed by atoms with van der Waals surface area (Å²) in [6.45, 7) is 5.00. The van der Waals surface area contributed by atoms with E-state index in [1.165, 1.54) is 0 Å². The lowest BCUT2D eigenvalue weighted by atomic mass is 10.2. The lowest BCUT2D eigenvalue weighted by molar-refractivity contribution is 0.321. The van der Waals surface area contributed by atoms with Gasteiger partial charge in [0.05, 0.1) is 6.61 Å². The molecule has 3 heteroatoms. The van der Waals surface area contributed by atoms with E-state index >= 15 is 0 Å². The van der Waals surface area contributed by atoms with Crippen molar-refractivity contribution in [3.8, 4) is 5.75 Å². The number of rotatable bonds is 6. The Hall–Kier alpha value is -0.990. The Morgan fingerprint density at radius 2 is 2.33 bits per heavy atom. The van der Waals surface area contributed by atoms with Crippen LogP contribution < -0.4 is 10.1 Å². The third kappa shape index (κ3) is 3.57. The number of hydrogen-bond acceptors (Lipinski definition) is 2. The van der Waals surface area contributed by atoms with Gasteiger partial charge in [0.1, 0.15) is 5.75 Å². The van der Waals surface area contributed by atoms with Crippen LogP contribution in [0, 0.1) is 0 Å². The molecule has 82 valence electrons. The molecule has 0 heterocycles. The van der Waals surface area contributed by atoms with Crippen molar-refractivity contribution in [2.24, 2.45) is 0 Å². The molecule has 0 aliphatic rings. The number of hydrogen-bond donors (Lipinski definition) is 1. The van der Waals surface area contributed by atoms with E-state index in [9.17, 15) is 0 Å². The molecule has 1 aromatic rings. The second-order valence-corrected chi connectivity index (χ2v) is 3.58. The normalized spacial score (nSPS) is 10.0. The quantitative estimate of drug-likeness (QED) is 0.594. The van der Waals surface area contributed by atoms with Gasteiger partial charge in [-0.2, -0.15) is 0 Å². The van der Waals surface area contributed by atoms with Crippen LogP contribution in [0.4, 0.5) is 0 Å². The van der Waals surface area contributed by atoms with Crippen molar-refractivity contribution < 1.29 is 4.74 Å². The van der Waals surface area contributed by atoms with Crippen molar-refractivity contribution in [1.82, 2.24) is 5.32 Å². The maximum atomic E-state index is 6.08. The van der Waals surface area contributed by atoms with Crippen LogP contribution in [0.2, 0.25) is 5.02 Å². The van der Waals surface area contributed by atoms with E-state index in [1.807, 2.05) is 31.3 Å². The highest BCUT2D eigenvalue weighted by Gasteiger charge is 2.06. The molecular formula is C12H16ClNO. The number of ether oxygens (including phenoxy) is 1. The van der Waals surface area contributed by atoms with Crippen LogP contribution >= 0.6 is 11.6 Å². The van der Waals surface area contributed by atoms with Gasteiger partial charge in [0.25, 0.3) is 0 Å². The third-order valence-corrected chi connectivity index (χ3v) is 2.36. The fourth-order valence-corrected chi connectivity index (χ4v) is 1.51. The molecular weight excluding hydrogens is 210 g/mol. The minimum absolute atomic E-state index is 0.639. The van der Waals surface area contributed by atoms with Crippen LogP contribution in [0.3, 0.4) is 0 Å². The molecule has 0 unspecified atom stereocenters. The summed E-state index contributed by atoms with van der Waals surface area (Å²) in [5.41, 5.74) is 1.01. The maximum Gasteiger partial charge on any atom is 0.125 e. The first-order valence-corrected chi connectivity index (χ1v) is 5.33. The predicted molar refractivity (Wildman–Crippen MR) is 64.5 cm³/mol. The Labute approximate surface area is 95.9 Å². The van der Waals surface area contributed by atoms with Gasteiger partial charge < -0.3 is 10.1 Å². The molecule has 0 saturated carbocycles. The molecule has 0 spiro atoms. The Morgan fingerprint density at radius 1 is 1.53 bits per heavy atom. The SMILES string of the molecule is C=CCCOc1cccc(Cl)c1CNC. The molecule has 1 N–H and O–H groups in total. The molecule has 0 aliphatic carbocycles. The number of benzene rings is 1. The molecule has 1 aromatic carbocycles. The fraction of sp³-hybridized carbons (Fsp3) is 0.333. The molecule has 1 rings (SSSR count). The first kappa shape index (κ1) is 12.1. The Bertz CT molecular complexity index is 325. The van der Waals surface area contributed by atoms with Crippen LogP contribution in [0.15, 0.2) is 30.9 Å². The second kappa shape index (κ2) is 6.49. The highest BCUT2D eigenvalue weighted by atomic mass is 35.5. The van der Waals surface area contributed by atoms with E-state index < -0.39 is 0 Å². The zero-order valence-corrected chi connectivity index (χ0v) is 9.68. The molecule has 0 aromatic heterocycles. The van der Waals surface area contributed by atoms with Gasteiger partial charge in [-0.25, -0.2) is 0 Å². The smallest absolute Gasteiger partial charge is 0.125 e. The predicted octanol–water partition coefficient (Wildman–Crippen LogP) is 3.01. The molecule has 0 amide bonds. The zero-order valence-electron chi connectivity index (χ0n) is 8.92. The standard InChI is InChI=1S/C12H16ClNO/c1-3-4-8-15-12-7-5-6-11(13)10(12)9-14-2/h3,5-7,14H,1,4,8-9H2,2H3. The average molecular weight is 226 g/mol. The van der Waals surface area contributed by atoms with Crippen molar-refractivity contribution in [3.63, 3.8) is 0 Å². The molecule has 15 heavy (non-hydrogen) atoms.